The molecular formula is C21H39N5O5. The lowest BCUT2D eigenvalue weighted by molar-refractivity contribution is -0.143. The van der Waals surface area contributed by atoms with Gasteiger partial charge in [0.25, 0.3) is 0 Å². The van der Waals surface area contributed by atoms with Gasteiger partial charge in [0.1, 0.15) is 18.1 Å². The van der Waals surface area contributed by atoms with Crippen molar-refractivity contribution in [1.82, 2.24) is 15.5 Å². The number of nitrogens with zero attached hydrogens (tertiary/aromatic N) is 1. The van der Waals surface area contributed by atoms with E-state index in [-0.39, 0.29) is 24.2 Å². The van der Waals surface area contributed by atoms with Crippen molar-refractivity contribution < 1.29 is 24.3 Å². The van der Waals surface area contributed by atoms with Crippen LogP contribution in [0.2, 0.25) is 0 Å². The standard InChI is InChI=1S/C21H39N5O5/c1-12(2)16(23)20(29)26-11-7-9-15(26)18(27)25-17(13(3)4)19(28)24-14(21(30)31)8-5-6-10-22/h12-17H,5-11,22-23H2,1-4H3,(H,24,28)(H,25,27)(H,30,31). The second-order valence-electron chi connectivity index (χ2n) is 8.87. The molecule has 1 rings (SSSR count). The lowest BCUT2D eigenvalue weighted by Crippen LogP contribution is -2.58. The van der Waals surface area contributed by atoms with E-state index in [4.69, 9.17) is 11.5 Å². The molecule has 0 bridgehead atoms. The van der Waals surface area contributed by atoms with Crippen LogP contribution in [0.3, 0.4) is 0 Å². The molecule has 0 aliphatic carbocycles. The van der Waals surface area contributed by atoms with Crippen LogP contribution in [0.25, 0.3) is 0 Å². The average molecular weight is 442 g/mol. The van der Waals surface area contributed by atoms with Crippen molar-refractivity contribution >= 4 is 23.7 Å². The monoisotopic (exact) mass is 441 g/mol. The molecule has 1 heterocycles. The number of aliphatic carboxylic acids is 1. The summed E-state index contributed by atoms with van der Waals surface area (Å²) in [5.41, 5.74) is 11.4. The van der Waals surface area contributed by atoms with Crippen LogP contribution in [0.1, 0.15) is 59.8 Å². The van der Waals surface area contributed by atoms with E-state index in [9.17, 15) is 24.3 Å². The van der Waals surface area contributed by atoms with E-state index < -0.39 is 42.0 Å². The Hall–Kier alpha value is -2.20. The van der Waals surface area contributed by atoms with E-state index in [1.165, 1.54) is 4.90 Å². The van der Waals surface area contributed by atoms with Crippen molar-refractivity contribution in [3.8, 4) is 0 Å². The number of nitrogens with two attached hydrogens (primary N) is 2. The zero-order valence-corrected chi connectivity index (χ0v) is 19.1. The van der Waals surface area contributed by atoms with Gasteiger partial charge in [-0.25, -0.2) is 4.79 Å². The second kappa shape index (κ2) is 12.6. The van der Waals surface area contributed by atoms with E-state index in [0.29, 0.717) is 38.8 Å². The van der Waals surface area contributed by atoms with Crippen molar-refractivity contribution in [2.24, 2.45) is 23.3 Å². The minimum Gasteiger partial charge on any atom is -0.480 e. The summed E-state index contributed by atoms with van der Waals surface area (Å²) in [6.45, 7) is 8.11. The Balaban J connectivity index is 2.84. The smallest absolute Gasteiger partial charge is 0.326 e. The summed E-state index contributed by atoms with van der Waals surface area (Å²) < 4.78 is 0. The van der Waals surface area contributed by atoms with Crippen molar-refractivity contribution in [3.63, 3.8) is 0 Å². The number of unbranched alkanes of at least 4 members (excludes halogenated alkanes) is 1. The molecule has 0 spiro atoms. The molecular weight excluding hydrogens is 402 g/mol. The predicted octanol–water partition coefficient (Wildman–Crippen LogP) is -0.200. The van der Waals surface area contributed by atoms with Crippen LogP contribution < -0.4 is 22.1 Å². The Kier molecular flexibility index (Phi) is 10.9. The zero-order valence-electron chi connectivity index (χ0n) is 19.1. The molecule has 4 unspecified atom stereocenters. The molecule has 3 amide bonds. The van der Waals surface area contributed by atoms with Crippen LogP contribution in [0, 0.1) is 11.8 Å². The summed E-state index contributed by atoms with van der Waals surface area (Å²) in [4.78, 5) is 51.4. The Morgan fingerprint density at radius 2 is 1.71 bits per heavy atom. The molecule has 7 N–H and O–H groups in total. The van der Waals surface area contributed by atoms with Crippen LogP contribution >= 0.6 is 0 Å². The van der Waals surface area contributed by atoms with Gasteiger partial charge in [-0.2, -0.15) is 0 Å². The Morgan fingerprint density at radius 1 is 1.06 bits per heavy atom. The Morgan fingerprint density at radius 3 is 2.23 bits per heavy atom. The first-order valence-electron chi connectivity index (χ1n) is 11.1. The van der Waals surface area contributed by atoms with Gasteiger partial charge >= 0.3 is 5.97 Å². The van der Waals surface area contributed by atoms with Crippen molar-refractivity contribution in [2.45, 2.75) is 84.0 Å². The van der Waals surface area contributed by atoms with E-state index >= 15 is 0 Å². The number of carboxylic acids is 1. The van der Waals surface area contributed by atoms with Crippen LogP contribution in [0.5, 0.6) is 0 Å². The molecule has 1 aliphatic heterocycles. The van der Waals surface area contributed by atoms with Crippen LogP contribution in [-0.2, 0) is 19.2 Å². The molecule has 10 heteroatoms. The SMILES string of the molecule is CC(C)C(N)C(=O)N1CCCC1C(=O)NC(C(=O)NC(CCCCN)C(=O)O)C(C)C. The fourth-order valence-electron chi connectivity index (χ4n) is 3.58. The summed E-state index contributed by atoms with van der Waals surface area (Å²) in [5.74, 6) is -2.72. The zero-order chi connectivity index (χ0) is 23.7. The number of carboxylic acid groups (broad SMARTS) is 1. The van der Waals surface area contributed by atoms with Crippen LogP contribution in [0.15, 0.2) is 0 Å². The van der Waals surface area contributed by atoms with Gasteiger partial charge in [-0.1, -0.05) is 27.7 Å². The van der Waals surface area contributed by atoms with Gasteiger partial charge in [0.15, 0.2) is 0 Å². The highest BCUT2D eigenvalue weighted by Crippen LogP contribution is 2.20. The highest BCUT2D eigenvalue weighted by molar-refractivity contribution is 5.94. The van der Waals surface area contributed by atoms with Crippen molar-refractivity contribution in [1.29, 1.82) is 0 Å². The lowest BCUT2D eigenvalue weighted by Gasteiger charge is -2.30. The van der Waals surface area contributed by atoms with E-state index in [1.807, 2.05) is 13.8 Å². The highest BCUT2D eigenvalue weighted by atomic mass is 16.4. The largest absolute Gasteiger partial charge is 0.480 e. The first kappa shape index (κ1) is 26.8. The summed E-state index contributed by atoms with van der Waals surface area (Å²) >= 11 is 0. The van der Waals surface area contributed by atoms with E-state index in [0.717, 1.165) is 0 Å². The first-order valence-corrected chi connectivity index (χ1v) is 11.1. The Bertz CT molecular complexity index is 640. The summed E-state index contributed by atoms with van der Waals surface area (Å²) in [6, 6.07) is -3.35. The summed E-state index contributed by atoms with van der Waals surface area (Å²) in [6.07, 6.45) is 2.66. The van der Waals surface area contributed by atoms with E-state index in [1.54, 1.807) is 13.8 Å². The van der Waals surface area contributed by atoms with Crippen LogP contribution in [0.4, 0.5) is 0 Å². The number of nitrogens with one attached hydrogen (secondary N) is 2. The topological polar surface area (TPSA) is 168 Å². The number of hydrogen-bond acceptors (Lipinski definition) is 6. The second-order valence-corrected chi connectivity index (χ2v) is 8.87. The highest BCUT2D eigenvalue weighted by Gasteiger charge is 2.38. The molecule has 1 aliphatic rings. The quantitative estimate of drug-likeness (QED) is 0.261. The van der Waals surface area contributed by atoms with Gasteiger partial charge in [0.2, 0.25) is 17.7 Å². The van der Waals surface area contributed by atoms with Gasteiger partial charge in [0, 0.05) is 6.54 Å². The molecule has 178 valence electrons. The number of likely N-dealkylation sites (tertiary alicyclic amines) is 1. The van der Waals surface area contributed by atoms with Gasteiger partial charge in [-0.15, -0.1) is 0 Å². The molecule has 4 atom stereocenters. The minimum absolute atomic E-state index is 0.0572. The first-order chi connectivity index (χ1) is 14.5. The maximum Gasteiger partial charge on any atom is 0.326 e. The molecule has 0 saturated carbocycles. The number of hydrogen-bond donors (Lipinski definition) is 5. The molecule has 1 saturated heterocycles. The molecule has 10 nitrogen and oxygen atoms in total. The normalized spacial score (nSPS) is 19.2. The van der Waals surface area contributed by atoms with Crippen LogP contribution in [-0.4, -0.2) is 71.0 Å². The molecule has 31 heavy (non-hydrogen) atoms. The average Bonchev–Trinajstić information content (AvgIpc) is 3.19. The summed E-state index contributed by atoms with van der Waals surface area (Å²) in [7, 11) is 0. The maximum absolute atomic E-state index is 12.9. The van der Waals surface area contributed by atoms with E-state index in [2.05, 4.69) is 10.6 Å². The van der Waals surface area contributed by atoms with Gasteiger partial charge < -0.3 is 32.1 Å². The third-order valence-corrected chi connectivity index (χ3v) is 5.65. The van der Waals surface area contributed by atoms with Gasteiger partial charge in [-0.3, -0.25) is 14.4 Å². The number of rotatable bonds is 12. The molecule has 1 fully saturated rings. The molecule has 0 aromatic rings. The third kappa shape index (κ3) is 7.77. The van der Waals surface area contributed by atoms with Gasteiger partial charge in [-0.05, 0) is 50.5 Å². The van der Waals surface area contributed by atoms with Crippen molar-refractivity contribution in [2.75, 3.05) is 13.1 Å². The van der Waals surface area contributed by atoms with Crippen molar-refractivity contribution in [3.05, 3.63) is 0 Å². The summed E-state index contributed by atoms with van der Waals surface area (Å²) in [5, 5.41) is 14.6. The minimum atomic E-state index is -1.13. The molecule has 0 aromatic heterocycles. The number of amides is 3. The fraction of sp³-hybridized carbons (Fsp3) is 0.810. The molecule has 0 radical (unpaired) electrons. The predicted molar refractivity (Wildman–Crippen MR) is 117 cm³/mol. The Labute approximate surface area is 184 Å². The molecule has 0 aromatic carbocycles. The third-order valence-electron chi connectivity index (χ3n) is 5.65. The lowest BCUT2D eigenvalue weighted by atomic mass is 10.0. The van der Waals surface area contributed by atoms with Gasteiger partial charge in [0.05, 0.1) is 6.04 Å². The fourth-order valence-corrected chi connectivity index (χ4v) is 3.58. The number of carbonyl (C=O) groups excluding carboxylic acids is 3. The number of carbonyl (C=O) groups is 4. The maximum atomic E-state index is 12.9.